The van der Waals surface area contributed by atoms with E-state index in [2.05, 4.69) is 20.7 Å². The molecule has 1 aliphatic rings. The van der Waals surface area contributed by atoms with Crippen LogP contribution in [-0.4, -0.2) is 62.1 Å². The second-order valence-electron chi connectivity index (χ2n) is 10.6. The maximum absolute atomic E-state index is 14.0. The van der Waals surface area contributed by atoms with E-state index in [9.17, 15) is 9.59 Å². The van der Waals surface area contributed by atoms with Crippen molar-refractivity contribution in [1.29, 1.82) is 0 Å². The number of hydrogen-bond acceptors (Lipinski definition) is 7. The zero-order valence-electron chi connectivity index (χ0n) is 24.2. The summed E-state index contributed by atoms with van der Waals surface area (Å²) >= 11 is 0. The van der Waals surface area contributed by atoms with Gasteiger partial charge in [0, 0.05) is 48.9 Å². The molecule has 0 saturated carbocycles. The molecule has 2 N–H and O–H groups in total. The summed E-state index contributed by atoms with van der Waals surface area (Å²) < 4.78 is 1.84. The topological polar surface area (TPSA) is 112 Å². The van der Waals surface area contributed by atoms with Gasteiger partial charge in [-0.1, -0.05) is 42.5 Å². The van der Waals surface area contributed by atoms with Crippen molar-refractivity contribution in [2.75, 3.05) is 36.2 Å². The predicted octanol–water partition coefficient (Wildman–Crippen LogP) is 5.33. The lowest BCUT2D eigenvalue weighted by Crippen LogP contribution is -2.45. The number of carbonyl (C=O) groups excluding carboxylic acids is 2. The molecule has 0 bridgehead atoms. The Morgan fingerprint density at radius 3 is 2.62 bits per heavy atom. The molecule has 4 aromatic rings. The smallest absolute Gasteiger partial charge is 0.322 e. The quantitative estimate of drug-likeness (QED) is 0.250. The van der Waals surface area contributed by atoms with Crippen molar-refractivity contribution in [2.24, 2.45) is 0 Å². The van der Waals surface area contributed by atoms with Gasteiger partial charge in [0.05, 0.1) is 24.1 Å². The van der Waals surface area contributed by atoms with Crippen LogP contribution in [0.15, 0.2) is 85.3 Å². The SMILES string of the molecule is CC(C)n1cc(Nc2ncc3c(n2)N(c2cccc(NC(=O)/C=C/CN(C)C)c2)C(=O)N(Cc2ccccc2)C3)cn1. The zero-order chi connectivity index (χ0) is 29.6. The van der Waals surface area contributed by atoms with Crippen molar-refractivity contribution in [1.82, 2.24) is 29.5 Å². The van der Waals surface area contributed by atoms with E-state index in [-0.39, 0.29) is 18.0 Å². The van der Waals surface area contributed by atoms with E-state index < -0.39 is 0 Å². The van der Waals surface area contributed by atoms with Crippen LogP contribution in [0.1, 0.15) is 31.0 Å². The van der Waals surface area contributed by atoms with Gasteiger partial charge in [-0.25, -0.2) is 14.7 Å². The summed E-state index contributed by atoms with van der Waals surface area (Å²) in [5.74, 6) is 0.579. The third-order valence-corrected chi connectivity index (χ3v) is 6.59. The molecular weight excluding hydrogens is 530 g/mol. The molecule has 0 saturated heterocycles. The number of anilines is 5. The summed E-state index contributed by atoms with van der Waals surface area (Å²) in [6.45, 7) is 5.54. The summed E-state index contributed by atoms with van der Waals surface area (Å²) in [5.41, 5.74) is 3.70. The highest BCUT2D eigenvalue weighted by Crippen LogP contribution is 2.35. The molecule has 3 amide bonds. The minimum Gasteiger partial charge on any atom is -0.322 e. The van der Waals surface area contributed by atoms with Crippen molar-refractivity contribution < 1.29 is 9.59 Å². The average molecular weight is 566 g/mol. The molecule has 0 unspecified atom stereocenters. The van der Waals surface area contributed by atoms with E-state index in [4.69, 9.17) is 4.98 Å². The number of fused-ring (bicyclic) bond motifs is 1. The van der Waals surface area contributed by atoms with E-state index in [0.29, 0.717) is 42.8 Å². The number of nitrogens with zero attached hydrogens (tertiary/aromatic N) is 7. The fourth-order valence-electron chi connectivity index (χ4n) is 4.52. The average Bonchev–Trinajstić information content (AvgIpc) is 3.43. The molecule has 3 heterocycles. The highest BCUT2D eigenvalue weighted by molar-refractivity contribution is 6.03. The van der Waals surface area contributed by atoms with Crippen molar-refractivity contribution in [3.63, 3.8) is 0 Å². The number of aromatic nitrogens is 4. The highest BCUT2D eigenvalue weighted by atomic mass is 16.2. The van der Waals surface area contributed by atoms with Gasteiger partial charge in [0.15, 0.2) is 5.82 Å². The Morgan fingerprint density at radius 1 is 1.07 bits per heavy atom. The van der Waals surface area contributed by atoms with Crippen LogP contribution in [0.5, 0.6) is 0 Å². The number of likely N-dealkylation sites (N-methyl/N-ethyl adjacent to an activating group) is 1. The van der Waals surface area contributed by atoms with E-state index in [1.807, 2.05) is 80.1 Å². The summed E-state index contributed by atoms with van der Waals surface area (Å²) in [5, 5.41) is 10.5. The molecule has 11 nitrogen and oxygen atoms in total. The first-order valence-corrected chi connectivity index (χ1v) is 13.8. The van der Waals surface area contributed by atoms with E-state index in [0.717, 1.165) is 16.8 Å². The van der Waals surface area contributed by atoms with Crippen LogP contribution in [0.2, 0.25) is 0 Å². The lowest BCUT2D eigenvalue weighted by atomic mass is 10.1. The highest BCUT2D eigenvalue weighted by Gasteiger charge is 2.33. The monoisotopic (exact) mass is 565 g/mol. The van der Waals surface area contributed by atoms with Crippen molar-refractivity contribution in [2.45, 2.75) is 33.0 Å². The molecular formula is C31H35N9O2. The summed E-state index contributed by atoms with van der Waals surface area (Å²) in [7, 11) is 3.87. The van der Waals surface area contributed by atoms with Gasteiger partial charge in [-0.15, -0.1) is 0 Å². The van der Waals surface area contributed by atoms with Crippen molar-refractivity contribution in [3.8, 4) is 0 Å². The molecule has 0 atom stereocenters. The van der Waals surface area contributed by atoms with Crippen LogP contribution < -0.4 is 15.5 Å². The third kappa shape index (κ3) is 6.81. The van der Waals surface area contributed by atoms with Gasteiger partial charge in [0.25, 0.3) is 0 Å². The standard InChI is InChI=1S/C31H35N9O2/c1-22(2)39-21-26(18-33-39)35-30-32-17-24-20-38(19-23-10-6-5-7-11-23)31(42)40(29(24)36-30)27-13-8-12-25(16-27)34-28(41)14-9-15-37(3)4/h5-14,16-18,21-22H,15,19-20H2,1-4H3,(H,34,41)(H,32,35,36)/b14-9+. The molecule has 0 fully saturated rings. The minimum absolute atomic E-state index is 0.213. The number of hydrogen-bond donors (Lipinski definition) is 2. The van der Waals surface area contributed by atoms with Gasteiger partial charge in [0.2, 0.25) is 11.9 Å². The first-order chi connectivity index (χ1) is 20.3. The lowest BCUT2D eigenvalue weighted by molar-refractivity contribution is -0.111. The second-order valence-corrected chi connectivity index (χ2v) is 10.6. The van der Waals surface area contributed by atoms with Gasteiger partial charge in [-0.05, 0) is 51.7 Å². The minimum atomic E-state index is -0.249. The maximum atomic E-state index is 14.0. The largest absolute Gasteiger partial charge is 0.330 e. The fourth-order valence-corrected chi connectivity index (χ4v) is 4.52. The number of amides is 3. The number of nitrogens with one attached hydrogen (secondary N) is 2. The van der Waals surface area contributed by atoms with Gasteiger partial charge in [-0.2, -0.15) is 10.1 Å². The number of urea groups is 1. The maximum Gasteiger partial charge on any atom is 0.330 e. The third-order valence-electron chi connectivity index (χ3n) is 6.59. The van der Waals surface area contributed by atoms with Gasteiger partial charge in [-0.3, -0.25) is 9.48 Å². The van der Waals surface area contributed by atoms with Crippen LogP contribution in [0, 0.1) is 0 Å². The molecule has 216 valence electrons. The van der Waals surface area contributed by atoms with Crippen molar-refractivity contribution >= 4 is 40.8 Å². The van der Waals surface area contributed by atoms with Crippen molar-refractivity contribution in [3.05, 3.63) is 96.5 Å². The molecule has 1 aliphatic heterocycles. The first kappa shape index (κ1) is 28.5. The molecule has 2 aromatic carbocycles. The summed E-state index contributed by atoms with van der Waals surface area (Å²) in [6.07, 6.45) is 8.64. The van der Waals surface area contributed by atoms with Crippen LogP contribution in [-0.2, 0) is 17.9 Å². The molecule has 0 aliphatic carbocycles. The van der Waals surface area contributed by atoms with Gasteiger partial charge >= 0.3 is 6.03 Å². The number of carbonyl (C=O) groups is 2. The molecule has 11 heteroatoms. The molecule has 0 radical (unpaired) electrons. The van der Waals surface area contributed by atoms with Crippen LogP contribution in [0.4, 0.5) is 33.6 Å². The Labute approximate surface area is 245 Å². The second kappa shape index (κ2) is 12.6. The van der Waals surface area contributed by atoms with E-state index >= 15 is 0 Å². The Hall–Kier alpha value is -5.03. The number of benzene rings is 2. The summed E-state index contributed by atoms with van der Waals surface area (Å²) in [6, 6.07) is 17.0. The Balaban J connectivity index is 1.47. The summed E-state index contributed by atoms with van der Waals surface area (Å²) in [4.78, 5) is 41.2. The van der Waals surface area contributed by atoms with E-state index in [1.54, 1.807) is 46.5 Å². The fraction of sp³-hybridized carbons (Fsp3) is 0.258. The lowest BCUT2D eigenvalue weighted by Gasteiger charge is -2.36. The predicted molar refractivity (Wildman–Crippen MR) is 164 cm³/mol. The Bertz CT molecular complexity index is 1580. The molecule has 5 rings (SSSR count). The van der Waals surface area contributed by atoms with Gasteiger partial charge in [0.1, 0.15) is 0 Å². The Kier molecular flexibility index (Phi) is 8.58. The molecule has 42 heavy (non-hydrogen) atoms. The normalized spacial score (nSPS) is 13.2. The molecule has 2 aromatic heterocycles. The van der Waals surface area contributed by atoms with Gasteiger partial charge < -0.3 is 20.4 Å². The van der Waals surface area contributed by atoms with Crippen LogP contribution in [0.3, 0.4) is 0 Å². The van der Waals surface area contributed by atoms with Crippen LogP contribution >= 0.6 is 0 Å². The number of rotatable bonds is 10. The Morgan fingerprint density at radius 2 is 1.88 bits per heavy atom. The first-order valence-electron chi connectivity index (χ1n) is 13.8. The van der Waals surface area contributed by atoms with E-state index in [1.165, 1.54) is 6.08 Å². The zero-order valence-corrected chi connectivity index (χ0v) is 24.2. The van der Waals surface area contributed by atoms with Crippen LogP contribution in [0.25, 0.3) is 0 Å². The molecule has 0 spiro atoms.